The van der Waals surface area contributed by atoms with Crippen molar-refractivity contribution in [3.63, 3.8) is 0 Å². The molecule has 0 bridgehead atoms. The fraction of sp³-hybridized carbons (Fsp3) is 0.281. The Hall–Kier alpha value is -6.18. The van der Waals surface area contributed by atoms with Crippen LogP contribution in [0.2, 0.25) is 0 Å². The topological polar surface area (TPSA) is 3.24 Å². The molecule has 9 rings (SSSR count). The highest BCUT2D eigenvalue weighted by atomic mass is 15.1. The molecule has 0 fully saturated rings. The van der Waals surface area contributed by atoms with E-state index in [9.17, 15) is 0 Å². The van der Waals surface area contributed by atoms with Gasteiger partial charge >= 0.3 is 0 Å². The van der Waals surface area contributed by atoms with Crippen molar-refractivity contribution in [1.82, 2.24) is 0 Å². The molecule has 0 amide bonds. The molecule has 0 saturated carbocycles. The van der Waals surface area contributed by atoms with Crippen LogP contribution in [0.3, 0.4) is 0 Å². The summed E-state index contributed by atoms with van der Waals surface area (Å²) >= 11 is 0. The fourth-order valence-electron chi connectivity index (χ4n) is 8.82. The molecule has 0 saturated heterocycles. The summed E-state index contributed by atoms with van der Waals surface area (Å²) in [6.45, 7) is 30.4. The molecule has 0 spiro atoms. The maximum absolute atomic E-state index is 2.47. The Bertz CT molecular complexity index is 2700. The molecule has 0 aromatic heterocycles. The summed E-state index contributed by atoms with van der Waals surface area (Å²) in [4.78, 5) is 2.46. The first-order chi connectivity index (χ1) is 31.4. The van der Waals surface area contributed by atoms with Gasteiger partial charge in [-0.2, -0.15) is 0 Å². The third-order valence-corrected chi connectivity index (χ3v) is 12.6. The van der Waals surface area contributed by atoms with Crippen LogP contribution in [0.15, 0.2) is 176 Å². The van der Waals surface area contributed by atoms with E-state index in [1.165, 1.54) is 88.9 Å². The van der Waals surface area contributed by atoms with Gasteiger partial charge < -0.3 is 4.90 Å². The van der Waals surface area contributed by atoms with Crippen molar-refractivity contribution >= 4 is 27.8 Å². The summed E-state index contributed by atoms with van der Waals surface area (Å²) in [5.41, 5.74) is 19.8. The SMILES string of the molecule is CC.CC.CC(C)c1ccccc1.CCC(C)c1ccccc1-c1ccc(N(c2ccccc2)c2cc3c(c4ccccc24)-c2ccc(C)cc2C3(C)C)cc1C.Cc1ccc(C)cc1. The van der Waals surface area contributed by atoms with E-state index < -0.39 is 0 Å². The average molecular weight is 858 g/mol. The fourth-order valence-corrected chi connectivity index (χ4v) is 8.82. The van der Waals surface area contributed by atoms with Gasteiger partial charge in [0.1, 0.15) is 0 Å². The number of para-hydroxylation sites is 1. The van der Waals surface area contributed by atoms with Crippen LogP contribution in [0.5, 0.6) is 0 Å². The zero-order chi connectivity index (χ0) is 47.3. The number of hydrogen-bond donors (Lipinski definition) is 0. The van der Waals surface area contributed by atoms with Crippen molar-refractivity contribution in [2.45, 2.75) is 121 Å². The van der Waals surface area contributed by atoms with Crippen molar-refractivity contribution in [3.05, 3.63) is 220 Å². The molecule has 8 aromatic carbocycles. The van der Waals surface area contributed by atoms with Crippen LogP contribution in [-0.2, 0) is 5.41 Å². The van der Waals surface area contributed by atoms with Crippen molar-refractivity contribution in [2.75, 3.05) is 4.90 Å². The van der Waals surface area contributed by atoms with Gasteiger partial charge in [0, 0.05) is 22.2 Å². The van der Waals surface area contributed by atoms with Gasteiger partial charge in [-0.1, -0.05) is 232 Å². The second-order valence-corrected chi connectivity index (χ2v) is 17.8. The molecule has 1 aliphatic rings. The Morgan fingerprint density at radius 2 is 0.985 bits per heavy atom. The molecule has 0 aliphatic heterocycles. The van der Waals surface area contributed by atoms with Crippen molar-refractivity contribution < 1.29 is 0 Å². The van der Waals surface area contributed by atoms with Crippen molar-refractivity contribution in [3.8, 4) is 22.3 Å². The second kappa shape index (κ2) is 23.1. The second-order valence-electron chi connectivity index (χ2n) is 17.8. The molecule has 1 heteroatoms. The lowest BCUT2D eigenvalue weighted by Gasteiger charge is -2.30. The molecule has 1 aliphatic carbocycles. The molecule has 1 unspecified atom stereocenters. The Kier molecular flexibility index (Phi) is 17.7. The number of fused-ring (bicyclic) bond motifs is 5. The zero-order valence-corrected chi connectivity index (χ0v) is 42.1. The molecule has 0 N–H and O–H groups in total. The summed E-state index contributed by atoms with van der Waals surface area (Å²) in [5.74, 6) is 1.17. The van der Waals surface area contributed by atoms with Crippen molar-refractivity contribution in [1.29, 1.82) is 0 Å². The number of aryl methyl sites for hydroxylation is 4. The maximum Gasteiger partial charge on any atom is 0.0543 e. The third kappa shape index (κ3) is 11.4. The first-order valence-electron chi connectivity index (χ1n) is 24.2. The molecule has 0 heterocycles. The van der Waals surface area contributed by atoms with Crippen LogP contribution in [0.25, 0.3) is 33.0 Å². The van der Waals surface area contributed by atoms with E-state index in [1.807, 2.05) is 33.8 Å². The number of anilines is 3. The van der Waals surface area contributed by atoms with Gasteiger partial charge in [-0.25, -0.2) is 0 Å². The number of benzene rings is 8. The molecule has 65 heavy (non-hydrogen) atoms. The van der Waals surface area contributed by atoms with Gasteiger partial charge in [0.25, 0.3) is 0 Å². The molecule has 1 nitrogen and oxygen atoms in total. The summed E-state index contributed by atoms with van der Waals surface area (Å²) in [6, 6.07) is 64.2. The van der Waals surface area contributed by atoms with Crippen LogP contribution >= 0.6 is 0 Å². The summed E-state index contributed by atoms with van der Waals surface area (Å²) in [6.07, 6.45) is 1.13. The van der Waals surface area contributed by atoms with E-state index >= 15 is 0 Å². The lowest BCUT2D eigenvalue weighted by molar-refractivity contribution is 0.660. The summed E-state index contributed by atoms with van der Waals surface area (Å²) in [7, 11) is 0. The van der Waals surface area contributed by atoms with E-state index in [1.54, 1.807) is 0 Å². The standard InChI is InChI=1S/C43H41N.C9H12.C8H10.2C2H6/c1-7-29(3)33-17-11-12-18-35(33)34-24-22-32(26-30(34)4)44(31-15-9-8-10-16-31)41-27-40-42(37-20-14-13-19-36(37)41)38-23-21-28(2)25-39(38)43(40,5)6;1-8(2)9-6-4-3-5-7-9;1-7-3-5-8(2)6-4-7;2*1-2/h8-27,29H,7H2,1-6H3;3-8H,1-2H3;3-6H,1-2H3;2*1-2H3. The molecule has 0 radical (unpaired) electrons. The van der Waals surface area contributed by atoms with E-state index in [0.717, 1.165) is 12.1 Å². The first kappa shape index (κ1) is 49.8. The van der Waals surface area contributed by atoms with E-state index in [4.69, 9.17) is 0 Å². The smallest absolute Gasteiger partial charge is 0.0543 e. The largest absolute Gasteiger partial charge is 0.310 e. The maximum atomic E-state index is 2.47. The predicted octanol–water partition coefficient (Wildman–Crippen LogP) is 19.6. The van der Waals surface area contributed by atoms with E-state index in [-0.39, 0.29) is 5.41 Å². The Morgan fingerprint density at radius 3 is 1.55 bits per heavy atom. The van der Waals surface area contributed by atoms with Gasteiger partial charge in [0.05, 0.1) is 5.69 Å². The minimum absolute atomic E-state index is 0.0999. The monoisotopic (exact) mass is 858 g/mol. The van der Waals surface area contributed by atoms with Crippen LogP contribution in [-0.4, -0.2) is 0 Å². The van der Waals surface area contributed by atoms with Crippen LogP contribution in [0.4, 0.5) is 17.1 Å². The quantitative estimate of drug-likeness (QED) is 0.154. The van der Waals surface area contributed by atoms with Crippen LogP contribution in [0.1, 0.15) is 132 Å². The minimum atomic E-state index is -0.0999. The molecular weight excluding hydrogens is 783 g/mol. The molecule has 1 atom stereocenters. The van der Waals surface area contributed by atoms with Crippen molar-refractivity contribution in [2.24, 2.45) is 0 Å². The lowest BCUT2D eigenvalue weighted by Crippen LogP contribution is -2.17. The third-order valence-electron chi connectivity index (χ3n) is 12.6. The van der Waals surface area contributed by atoms with Crippen LogP contribution < -0.4 is 4.90 Å². The van der Waals surface area contributed by atoms with Crippen LogP contribution in [0, 0.1) is 27.7 Å². The normalized spacial score (nSPS) is 12.1. The van der Waals surface area contributed by atoms with Gasteiger partial charge in [-0.15, -0.1) is 0 Å². The highest BCUT2D eigenvalue weighted by Crippen LogP contribution is 2.54. The summed E-state index contributed by atoms with van der Waals surface area (Å²) < 4.78 is 0. The lowest BCUT2D eigenvalue weighted by atomic mass is 9.81. The molecule has 336 valence electrons. The predicted molar refractivity (Wildman–Crippen MR) is 289 cm³/mol. The van der Waals surface area contributed by atoms with Gasteiger partial charge in [-0.3, -0.25) is 0 Å². The number of nitrogens with zero attached hydrogens (tertiary/aromatic N) is 1. The zero-order valence-electron chi connectivity index (χ0n) is 42.1. The average Bonchev–Trinajstić information content (AvgIpc) is 3.56. The number of rotatable bonds is 7. The highest BCUT2D eigenvalue weighted by Gasteiger charge is 2.38. The Morgan fingerprint density at radius 1 is 0.462 bits per heavy atom. The Labute approximate surface area is 394 Å². The van der Waals surface area contributed by atoms with Gasteiger partial charge in [0.2, 0.25) is 0 Å². The molecular formula is C64H75N. The van der Waals surface area contributed by atoms with Gasteiger partial charge in [-0.05, 0) is 132 Å². The van der Waals surface area contributed by atoms with E-state index in [0.29, 0.717) is 11.8 Å². The first-order valence-corrected chi connectivity index (χ1v) is 24.2. The summed E-state index contributed by atoms with van der Waals surface area (Å²) in [5, 5.41) is 2.58. The highest BCUT2D eigenvalue weighted by molar-refractivity contribution is 6.10. The van der Waals surface area contributed by atoms with E-state index in [2.05, 4.69) is 244 Å². The number of hydrogen-bond acceptors (Lipinski definition) is 1. The Balaban J connectivity index is 0.000000312. The molecule has 8 aromatic rings. The minimum Gasteiger partial charge on any atom is -0.310 e. The van der Waals surface area contributed by atoms with Gasteiger partial charge in [0.15, 0.2) is 0 Å².